The molecule has 0 saturated heterocycles. The molecule has 0 amide bonds. The van der Waals surface area contributed by atoms with Crippen LogP contribution in [0.5, 0.6) is 5.75 Å². The van der Waals surface area contributed by atoms with Gasteiger partial charge in [-0.05, 0) is 6.07 Å². The molecule has 2 rings (SSSR count). The molecule has 0 aliphatic rings. The topological polar surface area (TPSA) is 82.2 Å². The first kappa shape index (κ1) is 12.9. The van der Waals surface area contributed by atoms with Gasteiger partial charge in [0.1, 0.15) is 5.75 Å². The number of hydrogen-bond donors (Lipinski definition) is 1. The molecule has 7 heteroatoms. The third kappa shape index (κ3) is 3.44. The highest BCUT2D eigenvalue weighted by molar-refractivity contribution is 5.56. The first-order valence-electron chi connectivity index (χ1n) is 5.74. The maximum Gasteiger partial charge on any atom is 0.275 e. The third-order valence-corrected chi connectivity index (χ3v) is 2.57. The molecule has 7 nitrogen and oxygen atoms in total. The fraction of sp³-hybridized carbons (Fsp3) is 0.250. The summed E-state index contributed by atoms with van der Waals surface area (Å²) in [5.74, 6) is 0.454. The van der Waals surface area contributed by atoms with Crippen LogP contribution in [0, 0.1) is 10.1 Å². The Labute approximate surface area is 110 Å². The second-order valence-corrected chi connectivity index (χ2v) is 3.87. The van der Waals surface area contributed by atoms with Crippen LogP contribution in [-0.2, 0) is 6.54 Å². The zero-order chi connectivity index (χ0) is 13.7. The number of anilines is 1. The summed E-state index contributed by atoms with van der Waals surface area (Å²) < 4.78 is 6.82. The maximum atomic E-state index is 10.8. The number of benzene rings is 1. The van der Waals surface area contributed by atoms with Gasteiger partial charge in [-0.25, -0.2) is 0 Å². The van der Waals surface area contributed by atoms with Crippen molar-refractivity contribution in [1.29, 1.82) is 0 Å². The van der Waals surface area contributed by atoms with Crippen molar-refractivity contribution < 1.29 is 9.66 Å². The molecule has 1 heterocycles. The van der Waals surface area contributed by atoms with Crippen LogP contribution in [0.2, 0.25) is 0 Å². The number of non-ortho nitro benzene ring substituents is 1. The molecule has 2 aromatic rings. The lowest BCUT2D eigenvalue weighted by Crippen LogP contribution is -2.11. The molecule has 0 aliphatic carbocycles. The largest absolute Gasteiger partial charge is 0.496 e. The van der Waals surface area contributed by atoms with E-state index in [1.54, 1.807) is 16.9 Å². The van der Waals surface area contributed by atoms with E-state index in [1.165, 1.54) is 19.2 Å². The van der Waals surface area contributed by atoms with Gasteiger partial charge in [0.05, 0.1) is 24.6 Å². The Balaban J connectivity index is 2.02. The standard InChI is InChI=1S/C12H14N4O3/c1-19-12-8-10(7-11(9-12)16(17)18)13-4-6-15-5-2-3-14-15/h2-3,5,7-9,13H,4,6H2,1H3. The Morgan fingerprint density at radius 3 is 2.95 bits per heavy atom. The fourth-order valence-corrected chi connectivity index (χ4v) is 1.66. The van der Waals surface area contributed by atoms with Crippen molar-refractivity contribution in [1.82, 2.24) is 9.78 Å². The average Bonchev–Trinajstić information content (AvgIpc) is 2.91. The van der Waals surface area contributed by atoms with E-state index in [0.717, 1.165) is 0 Å². The maximum absolute atomic E-state index is 10.8. The molecule has 1 aromatic carbocycles. The van der Waals surface area contributed by atoms with Crippen molar-refractivity contribution in [2.24, 2.45) is 0 Å². The quantitative estimate of drug-likeness (QED) is 0.635. The molecule has 0 radical (unpaired) electrons. The van der Waals surface area contributed by atoms with Gasteiger partial charge in [0.15, 0.2) is 0 Å². The number of rotatable bonds is 6. The van der Waals surface area contributed by atoms with E-state index in [2.05, 4.69) is 10.4 Å². The zero-order valence-electron chi connectivity index (χ0n) is 10.4. The number of nitrogens with one attached hydrogen (secondary N) is 1. The fourth-order valence-electron chi connectivity index (χ4n) is 1.66. The summed E-state index contributed by atoms with van der Waals surface area (Å²) in [6, 6.07) is 6.43. The molecular weight excluding hydrogens is 248 g/mol. The Kier molecular flexibility index (Phi) is 3.97. The van der Waals surface area contributed by atoms with Gasteiger partial charge in [0, 0.05) is 36.8 Å². The normalized spacial score (nSPS) is 10.2. The van der Waals surface area contributed by atoms with Crippen LogP contribution in [0.25, 0.3) is 0 Å². The van der Waals surface area contributed by atoms with Gasteiger partial charge in [0.2, 0.25) is 0 Å². The summed E-state index contributed by atoms with van der Waals surface area (Å²) in [6.45, 7) is 1.30. The van der Waals surface area contributed by atoms with Gasteiger partial charge in [-0.15, -0.1) is 0 Å². The van der Waals surface area contributed by atoms with E-state index in [-0.39, 0.29) is 5.69 Å². The molecule has 1 N–H and O–H groups in total. The predicted octanol–water partition coefficient (Wildman–Crippen LogP) is 1.91. The molecule has 0 fully saturated rings. The molecule has 0 unspecified atom stereocenters. The summed E-state index contributed by atoms with van der Waals surface area (Å²) in [7, 11) is 1.48. The van der Waals surface area contributed by atoms with Crippen LogP contribution in [0.1, 0.15) is 0 Å². The van der Waals surface area contributed by atoms with E-state index in [4.69, 9.17) is 4.74 Å². The lowest BCUT2D eigenvalue weighted by atomic mass is 10.2. The number of nitrogens with zero attached hydrogens (tertiary/aromatic N) is 3. The summed E-state index contributed by atoms with van der Waals surface area (Å²) in [6.07, 6.45) is 3.56. The van der Waals surface area contributed by atoms with Crippen molar-refractivity contribution in [3.63, 3.8) is 0 Å². The van der Waals surface area contributed by atoms with Crippen molar-refractivity contribution in [2.75, 3.05) is 19.0 Å². The van der Waals surface area contributed by atoms with Crippen molar-refractivity contribution >= 4 is 11.4 Å². The highest BCUT2D eigenvalue weighted by Gasteiger charge is 2.09. The van der Waals surface area contributed by atoms with Gasteiger partial charge in [0.25, 0.3) is 5.69 Å². The number of ether oxygens (including phenoxy) is 1. The van der Waals surface area contributed by atoms with Gasteiger partial charge < -0.3 is 10.1 Å². The van der Waals surface area contributed by atoms with Crippen LogP contribution in [0.15, 0.2) is 36.7 Å². The molecule has 0 atom stereocenters. The lowest BCUT2D eigenvalue weighted by molar-refractivity contribution is -0.384. The molecular formula is C12H14N4O3. The van der Waals surface area contributed by atoms with Gasteiger partial charge in [-0.1, -0.05) is 0 Å². The van der Waals surface area contributed by atoms with Gasteiger partial charge in [-0.3, -0.25) is 14.8 Å². The van der Waals surface area contributed by atoms with Crippen LogP contribution in [-0.4, -0.2) is 28.4 Å². The number of hydrogen-bond acceptors (Lipinski definition) is 5. The lowest BCUT2D eigenvalue weighted by Gasteiger charge is -2.08. The number of methoxy groups -OCH3 is 1. The Morgan fingerprint density at radius 1 is 1.47 bits per heavy atom. The molecule has 0 aliphatic heterocycles. The Hall–Kier alpha value is -2.57. The van der Waals surface area contributed by atoms with Gasteiger partial charge in [-0.2, -0.15) is 5.10 Å². The van der Waals surface area contributed by atoms with Crippen LogP contribution in [0.3, 0.4) is 0 Å². The molecule has 0 spiro atoms. The van der Waals surface area contributed by atoms with Gasteiger partial charge >= 0.3 is 0 Å². The minimum absolute atomic E-state index is 0.000870. The smallest absolute Gasteiger partial charge is 0.275 e. The second-order valence-electron chi connectivity index (χ2n) is 3.87. The second kappa shape index (κ2) is 5.85. The van der Waals surface area contributed by atoms with E-state index in [1.807, 2.05) is 12.3 Å². The van der Waals surface area contributed by atoms with E-state index >= 15 is 0 Å². The van der Waals surface area contributed by atoms with Crippen LogP contribution in [0.4, 0.5) is 11.4 Å². The van der Waals surface area contributed by atoms with Crippen molar-refractivity contribution in [2.45, 2.75) is 6.54 Å². The van der Waals surface area contributed by atoms with E-state index < -0.39 is 4.92 Å². The predicted molar refractivity (Wildman–Crippen MR) is 70.4 cm³/mol. The molecule has 0 saturated carbocycles. The zero-order valence-corrected chi connectivity index (χ0v) is 10.4. The first-order valence-corrected chi connectivity index (χ1v) is 5.74. The summed E-state index contributed by atoms with van der Waals surface area (Å²) in [5, 5.41) is 18.0. The minimum Gasteiger partial charge on any atom is -0.496 e. The van der Waals surface area contributed by atoms with Crippen molar-refractivity contribution in [3.8, 4) is 5.75 Å². The first-order chi connectivity index (χ1) is 9.19. The minimum atomic E-state index is -0.443. The third-order valence-electron chi connectivity index (χ3n) is 2.57. The Bertz CT molecular complexity index is 554. The highest BCUT2D eigenvalue weighted by Crippen LogP contribution is 2.25. The average molecular weight is 262 g/mol. The van der Waals surface area contributed by atoms with Crippen molar-refractivity contribution in [3.05, 3.63) is 46.8 Å². The highest BCUT2D eigenvalue weighted by atomic mass is 16.6. The molecule has 100 valence electrons. The number of aromatic nitrogens is 2. The molecule has 0 bridgehead atoms. The molecule has 19 heavy (non-hydrogen) atoms. The summed E-state index contributed by atoms with van der Waals surface area (Å²) in [5.41, 5.74) is 0.652. The summed E-state index contributed by atoms with van der Waals surface area (Å²) in [4.78, 5) is 10.3. The number of nitro benzene ring substituents is 1. The molecule has 1 aromatic heterocycles. The van der Waals surface area contributed by atoms with E-state index in [0.29, 0.717) is 24.5 Å². The Morgan fingerprint density at radius 2 is 2.32 bits per heavy atom. The van der Waals surface area contributed by atoms with E-state index in [9.17, 15) is 10.1 Å². The monoisotopic (exact) mass is 262 g/mol. The summed E-state index contributed by atoms with van der Waals surface area (Å²) >= 11 is 0. The van der Waals surface area contributed by atoms with Crippen LogP contribution < -0.4 is 10.1 Å². The number of nitro groups is 1. The van der Waals surface area contributed by atoms with Crippen LogP contribution >= 0.6 is 0 Å². The SMILES string of the molecule is COc1cc(NCCn2cccn2)cc([N+](=O)[O-])c1.